The number of aromatic nitrogens is 2. The minimum atomic E-state index is -0.185. The van der Waals surface area contributed by atoms with Crippen molar-refractivity contribution in [3.8, 4) is 22.6 Å². The number of benzene rings is 3. The Morgan fingerprint density at radius 1 is 0.815 bits per heavy atom. The van der Waals surface area contributed by atoms with E-state index >= 15 is 0 Å². The number of carbonyl (C=O) groups is 1. The monoisotopic (exact) mass is 353 g/mol. The lowest BCUT2D eigenvalue weighted by Gasteiger charge is -2.05. The Labute approximate surface area is 157 Å². The molecule has 4 heteroatoms. The summed E-state index contributed by atoms with van der Waals surface area (Å²) >= 11 is 0. The fraction of sp³-hybridized carbons (Fsp3) is 0.0435. The first kappa shape index (κ1) is 16.8. The van der Waals surface area contributed by atoms with E-state index in [-0.39, 0.29) is 5.91 Å². The maximum Gasteiger partial charge on any atom is 0.256 e. The summed E-state index contributed by atoms with van der Waals surface area (Å²) in [5, 5.41) is 2.95. The molecule has 0 saturated carbocycles. The molecule has 1 heterocycles. The number of rotatable bonds is 4. The summed E-state index contributed by atoms with van der Waals surface area (Å²) in [6.45, 7) is 2.05. The Bertz CT molecular complexity index is 1050. The quantitative estimate of drug-likeness (QED) is 0.523. The van der Waals surface area contributed by atoms with E-state index in [1.807, 2.05) is 79.7 Å². The van der Waals surface area contributed by atoms with Crippen LogP contribution in [0.4, 0.5) is 5.82 Å². The van der Waals surface area contributed by atoms with E-state index in [2.05, 4.69) is 15.3 Å². The molecule has 2 N–H and O–H groups in total. The molecule has 0 atom stereocenters. The molecule has 0 aliphatic carbocycles. The van der Waals surface area contributed by atoms with Gasteiger partial charge in [-0.3, -0.25) is 4.79 Å². The number of aryl methyl sites for hydroxylation is 1. The summed E-state index contributed by atoms with van der Waals surface area (Å²) in [5.41, 5.74) is 4.50. The van der Waals surface area contributed by atoms with Crippen molar-refractivity contribution in [3.05, 3.63) is 96.1 Å². The van der Waals surface area contributed by atoms with Gasteiger partial charge in [0, 0.05) is 16.7 Å². The Kier molecular flexibility index (Phi) is 4.54. The van der Waals surface area contributed by atoms with Crippen LogP contribution >= 0.6 is 0 Å². The molecule has 0 radical (unpaired) electrons. The molecule has 0 saturated heterocycles. The first-order valence-electron chi connectivity index (χ1n) is 8.79. The van der Waals surface area contributed by atoms with Gasteiger partial charge in [0.15, 0.2) is 5.82 Å². The van der Waals surface area contributed by atoms with Crippen LogP contribution in [0.1, 0.15) is 15.9 Å². The second kappa shape index (κ2) is 7.30. The summed E-state index contributed by atoms with van der Waals surface area (Å²) in [6, 6.07) is 27.1. The molecule has 0 unspecified atom stereocenters. The molecule has 4 rings (SSSR count). The molecular weight excluding hydrogens is 334 g/mol. The molecule has 0 spiro atoms. The summed E-state index contributed by atoms with van der Waals surface area (Å²) < 4.78 is 0. The third-order valence-corrected chi connectivity index (χ3v) is 4.36. The third-order valence-electron chi connectivity index (χ3n) is 4.36. The van der Waals surface area contributed by atoms with E-state index in [4.69, 9.17) is 0 Å². The van der Waals surface area contributed by atoms with Crippen LogP contribution < -0.4 is 5.32 Å². The molecule has 3 aromatic carbocycles. The predicted molar refractivity (Wildman–Crippen MR) is 109 cm³/mol. The maximum absolute atomic E-state index is 12.6. The fourth-order valence-electron chi connectivity index (χ4n) is 2.89. The molecule has 1 amide bonds. The Balaban J connectivity index is 1.74. The first-order valence-corrected chi connectivity index (χ1v) is 8.79. The molecule has 0 fully saturated rings. The van der Waals surface area contributed by atoms with Crippen molar-refractivity contribution in [2.75, 3.05) is 5.32 Å². The van der Waals surface area contributed by atoms with Crippen molar-refractivity contribution in [2.24, 2.45) is 0 Å². The third kappa shape index (κ3) is 3.65. The van der Waals surface area contributed by atoms with Crippen LogP contribution in [0.3, 0.4) is 0 Å². The zero-order valence-electron chi connectivity index (χ0n) is 14.9. The van der Waals surface area contributed by atoms with Crippen molar-refractivity contribution in [1.29, 1.82) is 0 Å². The van der Waals surface area contributed by atoms with Crippen LogP contribution in [0.15, 0.2) is 84.9 Å². The second-order valence-electron chi connectivity index (χ2n) is 6.36. The van der Waals surface area contributed by atoms with Crippen LogP contribution in [0, 0.1) is 6.92 Å². The number of amides is 1. The van der Waals surface area contributed by atoms with Crippen LogP contribution in [0.5, 0.6) is 0 Å². The largest absolute Gasteiger partial charge is 0.336 e. The summed E-state index contributed by atoms with van der Waals surface area (Å²) in [4.78, 5) is 20.7. The number of nitrogens with zero attached hydrogens (tertiary/aromatic N) is 1. The summed E-state index contributed by atoms with van der Waals surface area (Å²) in [6.07, 6.45) is 0. The standard InChI is InChI=1S/C23H19N3O/c1-16-12-14-18(15-13-16)21-24-20(17-8-4-2-5-9-17)22(25-21)26-23(27)19-10-6-3-7-11-19/h2-15H,1H3,(H,24,25)(H,26,27). The number of hydrogen-bond donors (Lipinski definition) is 2. The van der Waals surface area contributed by atoms with Gasteiger partial charge >= 0.3 is 0 Å². The molecule has 132 valence electrons. The van der Waals surface area contributed by atoms with Gasteiger partial charge in [-0.05, 0) is 19.1 Å². The highest BCUT2D eigenvalue weighted by atomic mass is 16.1. The zero-order valence-corrected chi connectivity index (χ0v) is 14.9. The van der Waals surface area contributed by atoms with E-state index in [0.717, 1.165) is 22.6 Å². The molecule has 0 aliphatic rings. The average molecular weight is 353 g/mol. The first-order chi connectivity index (χ1) is 13.2. The topological polar surface area (TPSA) is 57.8 Å². The van der Waals surface area contributed by atoms with Gasteiger partial charge in [-0.25, -0.2) is 4.98 Å². The van der Waals surface area contributed by atoms with Crippen LogP contribution in [0.2, 0.25) is 0 Å². The highest BCUT2D eigenvalue weighted by Crippen LogP contribution is 2.30. The summed E-state index contributed by atoms with van der Waals surface area (Å²) in [5.74, 6) is 1.05. The number of imidazole rings is 1. The number of H-pyrrole nitrogens is 1. The van der Waals surface area contributed by atoms with Crippen molar-refractivity contribution in [2.45, 2.75) is 6.92 Å². The van der Waals surface area contributed by atoms with Gasteiger partial charge in [0.25, 0.3) is 5.91 Å². The van der Waals surface area contributed by atoms with Gasteiger partial charge in [-0.1, -0.05) is 78.4 Å². The SMILES string of the molecule is Cc1ccc(-c2nc(NC(=O)c3ccccc3)c(-c3ccccc3)[nH]2)cc1. The molecule has 0 bridgehead atoms. The van der Waals surface area contributed by atoms with Gasteiger partial charge in [0.2, 0.25) is 0 Å². The number of nitrogens with one attached hydrogen (secondary N) is 2. The van der Waals surface area contributed by atoms with Gasteiger partial charge in [-0.2, -0.15) is 0 Å². The van der Waals surface area contributed by atoms with Gasteiger partial charge in [0.05, 0.1) is 5.69 Å². The van der Waals surface area contributed by atoms with Crippen LogP contribution in [-0.2, 0) is 0 Å². The van der Waals surface area contributed by atoms with E-state index in [1.54, 1.807) is 12.1 Å². The molecule has 27 heavy (non-hydrogen) atoms. The Morgan fingerprint density at radius 3 is 2.11 bits per heavy atom. The molecule has 4 nitrogen and oxygen atoms in total. The van der Waals surface area contributed by atoms with Crippen molar-refractivity contribution in [1.82, 2.24) is 9.97 Å². The molecule has 0 aliphatic heterocycles. The smallest absolute Gasteiger partial charge is 0.256 e. The summed E-state index contributed by atoms with van der Waals surface area (Å²) in [7, 11) is 0. The zero-order chi connectivity index (χ0) is 18.6. The Hall–Kier alpha value is -3.66. The van der Waals surface area contributed by atoms with Crippen LogP contribution in [0.25, 0.3) is 22.6 Å². The number of carbonyl (C=O) groups excluding carboxylic acids is 1. The number of anilines is 1. The highest BCUT2D eigenvalue weighted by Gasteiger charge is 2.16. The Morgan fingerprint density at radius 2 is 1.44 bits per heavy atom. The molecular formula is C23H19N3O. The van der Waals surface area contributed by atoms with E-state index in [9.17, 15) is 4.79 Å². The lowest BCUT2D eigenvalue weighted by molar-refractivity contribution is 0.102. The second-order valence-corrected chi connectivity index (χ2v) is 6.36. The van der Waals surface area contributed by atoms with E-state index in [0.29, 0.717) is 11.4 Å². The highest BCUT2D eigenvalue weighted by molar-refractivity contribution is 6.05. The normalized spacial score (nSPS) is 10.6. The lowest BCUT2D eigenvalue weighted by atomic mass is 10.1. The molecule has 4 aromatic rings. The predicted octanol–water partition coefficient (Wildman–Crippen LogP) is 5.30. The van der Waals surface area contributed by atoms with Crippen molar-refractivity contribution >= 4 is 11.7 Å². The molecule has 1 aromatic heterocycles. The minimum Gasteiger partial charge on any atom is -0.336 e. The average Bonchev–Trinajstić information content (AvgIpc) is 3.13. The minimum absolute atomic E-state index is 0.185. The van der Waals surface area contributed by atoms with Gasteiger partial charge in [0.1, 0.15) is 5.82 Å². The van der Waals surface area contributed by atoms with Crippen molar-refractivity contribution < 1.29 is 4.79 Å². The van der Waals surface area contributed by atoms with Crippen LogP contribution in [-0.4, -0.2) is 15.9 Å². The van der Waals surface area contributed by atoms with Gasteiger partial charge in [-0.15, -0.1) is 0 Å². The van der Waals surface area contributed by atoms with E-state index < -0.39 is 0 Å². The fourth-order valence-corrected chi connectivity index (χ4v) is 2.89. The number of aromatic amines is 1. The van der Waals surface area contributed by atoms with Gasteiger partial charge < -0.3 is 10.3 Å². The lowest BCUT2D eigenvalue weighted by Crippen LogP contribution is -2.12. The van der Waals surface area contributed by atoms with Crippen molar-refractivity contribution in [3.63, 3.8) is 0 Å². The maximum atomic E-state index is 12.6. The number of hydrogen-bond acceptors (Lipinski definition) is 2. The van der Waals surface area contributed by atoms with E-state index in [1.165, 1.54) is 5.56 Å².